The summed E-state index contributed by atoms with van der Waals surface area (Å²) in [6.07, 6.45) is 0. The molecule has 66 valence electrons. The summed E-state index contributed by atoms with van der Waals surface area (Å²) in [5.74, 6) is -0.413. The van der Waals surface area contributed by atoms with Crippen molar-refractivity contribution in [2.45, 2.75) is 12.8 Å². The Labute approximate surface area is 79.4 Å². The van der Waals surface area contributed by atoms with Crippen molar-refractivity contribution >= 4 is 15.9 Å². The second kappa shape index (κ2) is 4.01. The van der Waals surface area contributed by atoms with Crippen molar-refractivity contribution in [1.82, 2.24) is 0 Å². The number of aliphatic hydroxyl groups excluding tert-OH is 1. The van der Waals surface area contributed by atoms with Crippen LogP contribution in [0.3, 0.4) is 0 Å². The summed E-state index contributed by atoms with van der Waals surface area (Å²) in [4.78, 5) is 0. The molecule has 1 nitrogen and oxygen atoms in total. The Morgan fingerprint density at radius 1 is 1.58 bits per heavy atom. The van der Waals surface area contributed by atoms with Crippen LogP contribution in [-0.2, 0) is 0 Å². The Hall–Kier alpha value is -0.410. The highest BCUT2D eigenvalue weighted by Gasteiger charge is 2.09. The highest BCUT2D eigenvalue weighted by atomic mass is 79.9. The van der Waals surface area contributed by atoms with Crippen LogP contribution in [0, 0.1) is 5.82 Å². The van der Waals surface area contributed by atoms with E-state index in [2.05, 4.69) is 15.9 Å². The van der Waals surface area contributed by atoms with Crippen LogP contribution < -0.4 is 0 Å². The standard InChI is InChI=1S/C9H10BrFO/c1-6(5-12)8-3-2-7(10)4-9(8)11/h2-4,6,12H,5H2,1H3. The van der Waals surface area contributed by atoms with Gasteiger partial charge in [0.05, 0.1) is 0 Å². The summed E-state index contributed by atoms with van der Waals surface area (Å²) in [5.41, 5.74) is 0.556. The van der Waals surface area contributed by atoms with Crippen LogP contribution in [0.25, 0.3) is 0 Å². The third kappa shape index (κ3) is 2.05. The van der Waals surface area contributed by atoms with Gasteiger partial charge >= 0.3 is 0 Å². The van der Waals surface area contributed by atoms with E-state index in [4.69, 9.17) is 5.11 Å². The molecule has 0 bridgehead atoms. The lowest BCUT2D eigenvalue weighted by Crippen LogP contribution is -2.01. The van der Waals surface area contributed by atoms with Gasteiger partial charge < -0.3 is 5.11 Å². The van der Waals surface area contributed by atoms with Crippen molar-refractivity contribution < 1.29 is 9.50 Å². The third-order valence-corrected chi connectivity index (χ3v) is 2.26. The van der Waals surface area contributed by atoms with Crippen LogP contribution >= 0.6 is 15.9 Å². The maximum Gasteiger partial charge on any atom is 0.127 e. The van der Waals surface area contributed by atoms with E-state index in [-0.39, 0.29) is 18.3 Å². The predicted octanol–water partition coefficient (Wildman–Crippen LogP) is 2.68. The highest BCUT2D eigenvalue weighted by molar-refractivity contribution is 9.10. The molecule has 0 radical (unpaired) electrons. The van der Waals surface area contributed by atoms with Gasteiger partial charge in [-0.2, -0.15) is 0 Å². The van der Waals surface area contributed by atoms with Crippen molar-refractivity contribution in [3.63, 3.8) is 0 Å². The Kier molecular flexibility index (Phi) is 3.23. The number of benzene rings is 1. The number of hydrogen-bond acceptors (Lipinski definition) is 1. The molecule has 1 aromatic rings. The summed E-state index contributed by atoms with van der Waals surface area (Å²) in [5, 5.41) is 8.80. The van der Waals surface area contributed by atoms with Crippen molar-refractivity contribution in [2.24, 2.45) is 0 Å². The zero-order valence-corrected chi connectivity index (χ0v) is 8.31. The summed E-state index contributed by atoms with van der Waals surface area (Å²) in [7, 11) is 0. The largest absolute Gasteiger partial charge is 0.396 e. The number of rotatable bonds is 2. The fraction of sp³-hybridized carbons (Fsp3) is 0.333. The van der Waals surface area contributed by atoms with Crippen LogP contribution in [0.1, 0.15) is 18.4 Å². The van der Waals surface area contributed by atoms with E-state index < -0.39 is 0 Å². The smallest absolute Gasteiger partial charge is 0.127 e. The lowest BCUT2D eigenvalue weighted by atomic mass is 10.0. The van der Waals surface area contributed by atoms with Gasteiger partial charge in [-0.3, -0.25) is 0 Å². The Bertz CT molecular complexity index is 275. The van der Waals surface area contributed by atoms with Crippen molar-refractivity contribution in [2.75, 3.05) is 6.61 Å². The minimum absolute atomic E-state index is 0.0292. The van der Waals surface area contributed by atoms with Gasteiger partial charge in [0, 0.05) is 17.0 Å². The van der Waals surface area contributed by atoms with Gasteiger partial charge in [0.2, 0.25) is 0 Å². The van der Waals surface area contributed by atoms with Gasteiger partial charge in [0.25, 0.3) is 0 Å². The maximum atomic E-state index is 13.1. The topological polar surface area (TPSA) is 20.2 Å². The SMILES string of the molecule is CC(CO)c1ccc(Br)cc1F. The molecule has 0 saturated carbocycles. The highest BCUT2D eigenvalue weighted by Crippen LogP contribution is 2.21. The van der Waals surface area contributed by atoms with Gasteiger partial charge in [0.15, 0.2) is 0 Å². The molecule has 1 atom stereocenters. The molecule has 0 aliphatic rings. The number of halogens is 2. The lowest BCUT2D eigenvalue weighted by Gasteiger charge is -2.08. The molecule has 1 N–H and O–H groups in total. The molecule has 0 fully saturated rings. The molecule has 3 heteroatoms. The van der Waals surface area contributed by atoms with E-state index in [1.807, 2.05) is 0 Å². The van der Waals surface area contributed by atoms with Crippen LogP contribution in [0.4, 0.5) is 4.39 Å². The molecule has 0 saturated heterocycles. The van der Waals surface area contributed by atoms with Gasteiger partial charge in [0.1, 0.15) is 5.82 Å². The number of hydrogen-bond donors (Lipinski definition) is 1. The lowest BCUT2D eigenvalue weighted by molar-refractivity contribution is 0.270. The molecular weight excluding hydrogens is 223 g/mol. The maximum absolute atomic E-state index is 13.1. The molecule has 1 rings (SSSR count). The summed E-state index contributed by atoms with van der Waals surface area (Å²) in [6.45, 7) is 1.75. The molecular formula is C9H10BrFO. The fourth-order valence-corrected chi connectivity index (χ4v) is 1.33. The Morgan fingerprint density at radius 2 is 2.25 bits per heavy atom. The Balaban J connectivity index is 3.01. The van der Waals surface area contributed by atoms with E-state index in [0.29, 0.717) is 10.0 Å². The zero-order chi connectivity index (χ0) is 9.14. The Morgan fingerprint density at radius 3 is 2.75 bits per heavy atom. The first-order valence-electron chi connectivity index (χ1n) is 3.71. The monoisotopic (exact) mass is 232 g/mol. The zero-order valence-electron chi connectivity index (χ0n) is 6.72. The molecule has 0 aliphatic carbocycles. The molecule has 0 aromatic heterocycles. The molecule has 12 heavy (non-hydrogen) atoms. The first-order valence-corrected chi connectivity index (χ1v) is 4.50. The molecule has 0 amide bonds. The van der Waals surface area contributed by atoms with Crippen molar-refractivity contribution in [3.8, 4) is 0 Å². The third-order valence-electron chi connectivity index (χ3n) is 1.77. The number of aliphatic hydroxyl groups is 1. The van der Waals surface area contributed by atoms with Gasteiger partial charge in [-0.25, -0.2) is 4.39 Å². The minimum atomic E-state index is -0.272. The normalized spacial score (nSPS) is 13.0. The molecule has 1 aromatic carbocycles. The van der Waals surface area contributed by atoms with Crippen LogP contribution in [-0.4, -0.2) is 11.7 Å². The second-order valence-corrected chi connectivity index (χ2v) is 3.67. The quantitative estimate of drug-likeness (QED) is 0.832. The van der Waals surface area contributed by atoms with Crippen LogP contribution in [0.2, 0.25) is 0 Å². The summed E-state index contributed by atoms with van der Waals surface area (Å²) < 4.78 is 13.9. The van der Waals surface area contributed by atoms with E-state index >= 15 is 0 Å². The average molecular weight is 233 g/mol. The average Bonchev–Trinajstić information content (AvgIpc) is 2.03. The molecule has 1 unspecified atom stereocenters. The molecule has 0 aliphatic heterocycles. The first kappa shape index (κ1) is 9.68. The van der Waals surface area contributed by atoms with Crippen molar-refractivity contribution in [1.29, 1.82) is 0 Å². The van der Waals surface area contributed by atoms with Gasteiger partial charge in [-0.05, 0) is 17.7 Å². The second-order valence-electron chi connectivity index (χ2n) is 2.75. The summed E-state index contributed by atoms with van der Waals surface area (Å²) in [6, 6.07) is 4.85. The van der Waals surface area contributed by atoms with Crippen LogP contribution in [0.15, 0.2) is 22.7 Å². The summed E-state index contributed by atoms with van der Waals surface area (Å²) >= 11 is 3.16. The van der Waals surface area contributed by atoms with E-state index in [1.54, 1.807) is 19.1 Å². The van der Waals surface area contributed by atoms with Gasteiger partial charge in [-0.15, -0.1) is 0 Å². The molecule has 0 heterocycles. The van der Waals surface area contributed by atoms with E-state index in [9.17, 15) is 4.39 Å². The molecule has 0 spiro atoms. The fourth-order valence-electron chi connectivity index (χ4n) is 1.000. The minimum Gasteiger partial charge on any atom is -0.396 e. The van der Waals surface area contributed by atoms with Gasteiger partial charge in [-0.1, -0.05) is 28.9 Å². The van der Waals surface area contributed by atoms with Crippen molar-refractivity contribution in [3.05, 3.63) is 34.1 Å². The first-order chi connectivity index (χ1) is 5.65. The predicted molar refractivity (Wildman–Crippen MR) is 49.6 cm³/mol. The van der Waals surface area contributed by atoms with Crippen LogP contribution in [0.5, 0.6) is 0 Å². The van der Waals surface area contributed by atoms with E-state index in [0.717, 1.165) is 0 Å². The van der Waals surface area contributed by atoms with E-state index in [1.165, 1.54) is 6.07 Å².